The van der Waals surface area contributed by atoms with Gasteiger partial charge in [-0.25, -0.2) is 0 Å². The van der Waals surface area contributed by atoms with Crippen molar-refractivity contribution >= 4 is 0 Å². The number of likely N-dealkylation sites (tertiary alicyclic amines) is 1. The molecule has 0 aliphatic carbocycles. The van der Waals surface area contributed by atoms with Crippen LogP contribution in [-0.4, -0.2) is 36.7 Å². The fourth-order valence-electron chi connectivity index (χ4n) is 2.66. The van der Waals surface area contributed by atoms with E-state index in [0.717, 1.165) is 19.5 Å². The monoisotopic (exact) mass is 262 g/mol. The Labute approximate surface area is 116 Å². The number of nitrogens with zero attached hydrogens (tertiary/aromatic N) is 1. The van der Waals surface area contributed by atoms with Crippen LogP contribution in [0.15, 0.2) is 30.3 Å². The van der Waals surface area contributed by atoms with E-state index in [2.05, 4.69) is 42.2 Å². The van der Waals surface area contributed by atoms with Crippen molar-refractivity contribution in [1.29, 1.82) is 0 Å². The lowest BCUT2D eigenvalue weighted by Crippen LogP contribution is -2.35. The molecule has 0 aromatic heterocycles. The van der Waals surface area contributed by atoms with Gasteiger partial charge >= 0.3 is 0 Å². The smallest absolute Gasteiger partial charge is 0.0706 e. The van der Waals surface area contributed by atoms with Crippen LogP contribution in [0.5, 0.6) is 0 Å². The first kappa shape index (κ1) is 14.5. The van der Waals surface area contributed by atoms with Crippen molar-refractivity contribution in [3.05, 3.63) is 35.9 Å². The summed E-state index contributed by atoms with van der Waals surface area (Å²) >= 11 is 0. The Morgan fingerprint density at radius 2 is 2.11 bits per heavy atom. The molecule has 1 aromatic rings. The summed E-state index contributed by atoms with van der Waals surface area (Å²) in [6.07, 6.45) is 4.19. The van der Waals surface area contributed by atoms with E-state index in [9.17, 15) is 0 Å². The maximum atomic E-state index is 6.02. The van der Waals surface area contributed by atoms with E-state index in [1.54, 1.807) is 0 Å². The van der Waals surface area contributed by atoms with E-state index in [1.807, 2.05) is 0 Å². The Kier molecular flexibility index (Phi) is 5.83. The fraction of sp³-hybridized carbons (Fsp3) is 0.625. The summed E-state index contributed by atoms with van der Waals surface area (Å²) in [5, 5.41) is 0. The maximum Gasteiger partial charge on any atom is 0.0706 e. The first-order chi connectivity index (χ1) is 9.28. The predicted molar refractivity (Wildman–Crippen MR) is 79.0 cm³/mol. The van der Waals surface area contributed by atoms with E-state index in [0.29, 0.717) is 12.6 Å². The van der Waals surface area contributed by atoms with Gasteiger partial charge in [0.25, 0.3) is 0 Å². The third kappa shape index (κ3) is 4.94. The standard InChI is InChI=1S/C16H26N2O/c1-14(11-17)19-16-9-5-6-10-18(13-16)12-15-7-3-2-4-8-15/h2-4,7-8,14,16H,5-6,9-13,17H2,1H3. The first-order valence-corrected chi connectivity index (χ1v) is 7.39. The van der Waals surface area contributed by atoms with Gasteiger partial charge in [0, 0.05) is 19.6 Å². The second-order valence-electron chi connectivity index (χ2n) is 5.52. The number of rotatable bonds is 5. The van der Waals surface area contributed by atoms with Crippen LogP contribution in [0.2, 0.25) is 0 Å². The predicted octanol–water partition coefficient (Wildman–Crippen LogP) is 2.40. The summed E-state index contributed by atoms with van der Waals surface area (Å²) in [4.78, 5) is 2.51. The van der Waals surface area contributed by atoms with Crippen LogP contribution in [-0.2, 0) is 11.3 Å². The van der Waals surface area contributed by atoms with Gasteiger partial charge in [0.2, 0.25) is 0 Å². The molecule has 0 amide bonds. The highest BCUT2D eigenvalue weighted by atomic mass is 16.5. The number of ether oxygens (including phenoxy) is 1. The molecule has 2 rings (SSSR count). The molecule has 1 aliphatic rings. The molecule has 0 spiro atoms. The molecule has 3 nitrogen and oxygen atoms in total. The maximum absolute atomic E-state index is 6.02. The largest absolute Gasteiger partial charge is 0.373 e. The minimum absolute atomic E-state index is 0.168. The number of nitrogens with two attached hydrogens (primary N) is 1. The van der Waals surface area contributed by atoms with Gasteiger partial charge in [-0.05, 0) is 38.3 Å². The van der Waals surface area contributed by atoms with Crippen LogP contribution >= 0.6 is 0 Å². The van der Waals surface area contributed by atoms with Gasteiger partial charge in [-0.2, -0.15) is 0 Å². The number of hydrogen-bond donors (Lipinski definition) is 1. The van der Waals surface area contributed by atoms with Gasteiger partial charge in [-0.1, -0.05) is 30.3 Å². The van der Waals surface area contributed by atoms with Gasteiger partial charge in [0.15, 0.2) is 0 Å². The van der Waals surface area contributed by atoms with Crippen LogP contribution in [0.3, 0.4) is 0 Å². The lowest BCUT2D eigenvalue weighted by atomic mass is 10.2. The highest BCUT2D eigenvalue weighted by Gasteiger charge is 2.20. The van der Waals surface area contributed by atoms with Crippen molar-refractivity contribution in [2.75, 3.05) is 19.6 Å². The minimum atomic E-state index is 0.168. The van der Waals surface area contributed by atoms with Crippen LogP contribution in [0, 0.1) is 0 Å². The third-order valence-electron chi connectivity index (χ3n) is 3.72. The molecular weight excluding hydrogens is 236 g/mol. The highest BCUT2D eigenvalue weighted by Crippen LogP contribution is 2.17. The molecule has 19 heavy (non-hydrogen) atoms. The SMILES string of the molecule is CC(CN)OC1CCCCN(Cc2ccccc2)C1. The van der Waals surface area contributed by atoms with Crippen molar-refractivity contribution in [3.63, 3.8) is 0 Å². The lowest BCUT2D eigenvalue weighted by Gasteiger charge is -2.26. The normalized spacial score (nSPS) is 22.9. The van der Waals surface area contributed by atoms with E-state index >= 15 is 0 Å². The van der Waals surface area contributed by atoms with Crippen molar-refractivity contribution < 1.29 is 4.74 Å². The van der Waals surface area contributed by atoms with Gasteiger partial charge in [-0.3, -0.25) is 4.90 Å². The molecule has 1 heterocycles. The van der Waals surface area contributed by atoms with Gasteiger partial charge < -0.3 is 10.5 Å². The fourth-order valence-corrected chi connectivity index (χ4v) is 2.66. The molecule has 3 heteroatoms. The molecule has 0 bridgehead atoms. The Morgan fingerprint density at radius 1 is 1.32 bits per heavy atom. The topological polar surface area (TPSA) is 38.5 Å². The van der Waals surface area contributed by atoms with Crippen molar-refractivity contribution in [2.45, 2.75) is 44.9 Å². The zero-order valence-electron chi connectivity index (χ0n) is 11.9. The van der Waals surface area contributed by atoms with Crippen molar-refractivity contribution in [3.8, 4) is 0 Å². The molecule has 2 unspecified atom stereocenters. The van der Waals surface area contributed by atoms with Gasteiger partial charge in [-0.15, -0.1) is 0 Å². The second-order valence-corrected chi connectivity index (χ2v) is 5.52. The number of benzene rings is 1. The van der Waals surface area contributed by atoms with Crippen molar-refractivity contribution in [2.24, 2.45) is 5.73 Å². The minimum Gasteiger partial charge on any atom is -0.373 e. The zero-order chi connectivity index (χ0) is 13.5. The molecule has 2 atom stereocenters. The molecule has 1 aliphatic heterocycles. The molecular formula is C16H26N2O. The van der Waals surface area contributed by atoms with E-state index < -0.39 is 0 Å². The second kappa shape index (κ2) is 7.63. The van der Waals surface area contributed by atoms with E-state index in [4.69, 9.17) is 10.5 Å². The molecule has 106 valence electrons. The first-order valence-electron chi connectivity index (χ1n) is 7.39. The van der Waals surface area contributed by atoms with Gasteiger partial charge in [0.1, 0.15) is 0 Å². The molecule has 1 saturated heterocycles. The third-order valence-corrected chi connectivity index (χ3v) is 3.72. The van der Waals surface area contributed by atoms with E-state index in [-0.39, 0.29) is 6.10 Å². The highest BCUT2D eigenvalue weighted by molar-refractivity contribution is 5.14. The van der Waals surface area contributed by atoms with Crippen LogP contribution in [0.1, 0.15) is 31.7 Å². The average molecular weight is 262 g/mol. The molecule has 0 saturated carbocycles. The average Bonchev–Trinajstić information content (AvgIpc) is 2.65. The van der Waals surface area contributed by atoms with Crippen LogP contribution in [0.4, 0.5) is 0 Å². The summed E-state index contributed by atoms with van der Waals surface area (Å²) in [5.41, 5.74) is 7.03. The summed E-state index contributed by atoms with van der Waals surface area (Å²) in [6, 6.07) is 10.7. The van der Waals surface area contributed by atoms with Crippen LogP contribution in [0.25, 0.3) is 0 Å². The molecule has 2 N–H and O–H groups in total. The Bertz CT molecular complexity index is 355. The lowest BCUT2D eigenvalue weighted by molar-refractivity contribution is -0.0152. The molecule has 1 fully saturated rings. The molecule has 0 radical (unpaired) electrons. The summed E-state index contributed by atoms with van der Waals surface area (Å²) < 4.78 is 6.02. The van der Waals surface area contributed by atoms with Crippen LogP contribution < -0.4 is 5.73 Å². The van der Waals surface area contributed by atoms with Gasteiger partial charge in [0.05, 0.1) is 12.2 Å². The zero-order valence-corrected chi connectivity index (χ0v) is 11.9. The van der Waals surface area contributed by atoms with Crippen molar-refractivity contribution in [1.82, 2.24) is 4.90 Å². The Hall–Kier alpha value is -0.900. The quantitative estimate of drug-likeness (QED) is 0.885. The molecule has 1 aromatic carbocycles. The Balaban J connectivity index is 1.89. The summed E-state index contributed by atoms with van der Waals surface area (Å²) in [5.74, 6) is 0. The van der Waals surface area contributed by atoms with E-state index in [1.165, 1.54) is 24.9 Å². The Morgan fingerprint density at radius 3 is 2.84 bits per heavy atom. The summed E-state index contributed by atoms with van der Waals surface area (Å²) in [7, 11) is 0. The summed E-state index contributed by atoms with van der Waals surface area (Å²) in [6.45, 7) is 5.89. The number of hydrogen-bond acceptors (Lipinski definition) is 3.